The highest BCUT2D eigenvalue weighted by Crippen LogP contribution is 2.39. The molecule has 1 fully saturated rings. The van der Waals surface area contributed by atoms with Gasteiger partial charge in [-0.15, -0.1) is 0 Å². The Morgan fingerprint density at radius 3 is 2.42 bits per heavy atom. The SMILES string of the molecule is CC(=O)O[C@@H](C)C(=O)NCc1ccccc1-c1ccc([C@@H]2O[C@H](CSc3cccc[n+]3[O-])C[C@H](c3ccc(CO)cc3)O2)cc1. The topological polar surface area (TPSA) is 121 Å². The minimum absolute atomic E-state index is 0.0294. The summed E-state index contributed by atoms with van der Waals surface area (Å²) < 4.78 is 18.8. The fourth-order valence-electron chi connectivity index (χ4n) is 5.13. The number of thioether (sulfide) groups is 1. The zero-order chi connectivity index (χ0) is 31.8. The van der Waals surface area contributed by atoms with Gasteiger partial charge < -0.3 is 29.8 Å². The summed E-state index contributed by atoms with van der Waals surface area (Å²) >= 11 is 1.45. The molecular formula is C35H36N2O7S. The molecule has 0 unspecified atom stereocenters. The fraction of sp³-hybridized carbons (Fsp3) is 0.286. The molecule has 5 rings (SSSR count). The van der Waals surface area contributed by atoms with E-state index in [9.17, 15) is 19.9 Å². The number of rotatable bonds is 11. The molecule has 0 bridgehead atoms. The maximum atomic E-state index is 12.4. The summed E-state index contributed by atoms with van der Waals surface area (Å²) in [7, 11) is 0. The number of nitrogens with zero attached hydrogens (tertiary/aromatic N) is 1. The Morgan fingerprint density at radius 2 is 1.71 bits per heavy atom. The lowest BCUT2D eigenvalue weighted by molar-refractivity contribution is -0.645. The van der Waals surface area contributed by atoms with Crippen molar-refractivity contribution in [1.29, 1.82) is 0 Å². The molecule has 3 aromatic carbocycles. The summed E-state index contributed by atoms with van der Waals surface area (Å²) in [5.41, 5.74) is 5.50. The minimum Gasteiger partial charge on any atom is -0.618 e. The van der Waals surface area contributed by atoms with Crippen LogP contribution in [0.3, 0.4) is 0 Å². The van der Waals surface area contributed by atoms with Crippen molar-refractivity contribution < 1.29 is 33.6 Å². The minimum atomic E-state index is -0.878. The first-order valence-electron chi connectivity index (χ1n) is 14.8. The highest BCUT2D eigenvalue weighted by Gasteiger charge is 2.32. The van der Waals surface area contributed by atoms with Crippen molar-refractivity contribution in [3.05, 3.63) is 125 Å². The van der Waals surface area contributed by atoms with Gasteiger partial charge in [0, 0.05) is 43.3 Å². The Kier molecular flexibility index (Phi) is 10.9. The Balaban J connectivity index is 1.32. The van der Waals surface area contributed by atoms with Crippen molar-refractivity contribution in [2.75, 3.05) is 5.75 Å². The zero-order valence-corrected chi connectivity index (χ0v) is 25.9. The van der Waals surface area contributed by atoms with Gasteiger partial charge in [-0.2, -0.15) is 4.73 Å². The maximum absolute atomic E-state index is 12.4. The second kappa shape index (κ2) is 15.2. The number of hydrogen-bond acceptors (Lipinski definition) is 8. The number of hydrogen-bond donors (Lipinski definition) is 2. The van der Waals surface area contributed by atoms with E-state index in [4.69, 9.17) is 14.2 Å². The van der Waals surface area contributed by atoms with Gasteiger partial charge in [0.15, 0.2) is 18.6 Å². The van der Waals surface area contributed by atoms with Crippen LogP contribution in [0, 0.1) is 5.21 Å². The third kappa shape index (κ3) is 8.49. The summed E-state index contributed by atoms with van der Waals surface area (Å²) in [4.78, 5) is 23.6. The highest BCUT2D eigenvalue weighted by molar-refractivity contribution is 7.99. The molecule has 4 aromatic rings. The number of amides is 1. The fourth-order valence-corrected chi connectivity index (χ4v) is 6.06. The Labute approximate surface area is 266 Å². The third-order valence-corrected chi connectivity index (χ3v) is 8.65. The number of aromatic nitrogens is 1. The van der Waals surface area contributed by atoms with Crippen LogP contribution in [-0.4, -0.2) is 34.9 Å². The molecule has 1 aliphatic rings. The van der Waals surface area contributed by atoms with E-state index >= 15 is 0 Å². The van der Waals surface area contributed by atoms with E-state index in [1.165, 1.54) is 31.8 Å². The predicted octanol–water partition coefficient (Wildman–Crippen LogP) is 5.38. The monoisotopic (exact) mass is 628 g/mol. The molecule has 45 heavy (non-hydrogen) atoms. The highest BCUT2D eigenvalue weighted by atomic mass is 32.2. The molecule has 1 aliphatic heterocycles. The molecule has 0 aliphatic carbocycles. The van der Waals surface area contributed by atoms with Gasteiger partial charge in [0.05, 0.1) is 18.8 Å². The first-order valence-corrected chi connectivity index (χ1v) is 15.7. The maximum Gasteiger partial charge on any atom is 0.303 e. The van der Waals surface area contributed by atoms with E-state index < -0.39 is 18.4 Å². The molecule has 2 N–H and O–H groups in total. The standard InChI is InChI=1S/C35H36N2O7S/c1-23(42-24(2)39)34(40)36-20-29-7-3-4-8-31(29)26-14-16-28(17-15-26)35-43-30(22-45-33-9-5-6-18-37(33)41)19-32(44-35)27-12-10-25(21-38)11-13-27/h3-18,23,30,32,35,38H,19-22H2,1-2H3,(H,36,40)/t23-,30-,32+,35+/m0/s1. The average Bonchev–Trinajstić information content (AvgIpc) is 3.06. The van der Waals surface area contributed by atoms with Crippen molar-refractivity contribution in [3.63, 3.8) is 0 Å². The van der Waals surface area contributed by atoms with Crippen molar-refractivity contribution in [3.8, 4) is 11.1 Å². The van der Waals surface area contributed by atoms with E-state index in [-0.39, 0.29) is 31.3 Å². The molecule has 0 spiro atoms. The molecule has 1 amide bonds. The Bertz CT molecular complexity index is 1600. The van der Waals surface area contributed by atoms with Crippen molar-refractivity contribution in [2.24, 2.45) is 0 Å². The molecular weight excluding hydrogens is 592 g/mol. The average molecular weight is 629 g/mol. The van der Waals surface area contributed by atoms with Crippen LogP contribution in [0.1, 0.15) is 54.9 Å². The molecule has 9 nitrogen and oxygen atoms in total. The Hall–Kier alpha value is -4.22. The number of carbonyl (C=O) groups excluding carboxylic acids is 2. The van der Waals surface area contributed by atoms with Crippen LogP contribution < -0.4 is 10.0 Å². The summed E-state index contributed by atoms with van der Waals surface area (Å²) in [6, 6.07) is 28.8. The lowest BCUT2D eigenvalue weighted by Crippen LogP contribution is -2.35. The molecule has 0 radical (unpaired) electrons. The first kappa shape index (κ1) is 32.2. The van der Waals surface area contributed by atoms with Crippen LogP contribution in [0.4, 0.5) is 0 Å². The van der Waals surface area contributed by atoms with Crippen LogP contribution in [0.25, 0.3) is 11.1 Å². The van der Waals surface area contributed by atoms with Crippen molar-refractivity contribution in [1.82, 2.24) is 5.32 Å². The summed E-state index contributed by atoms with van der Waals surface area (Å²) in [5.74, 6) is -0.302. The van der Waals surface area contributed by atoms with E-state index in [1.807, 2.05) is 78.9 Å². The summed E-state index contributed by atoms with van der Waals surface area (Å²) in [6.45, 7) is 3.06. The summed E-state index contributed by atoms with van der Waals surface area (Å²) in [5, 5.41) is 25.1. The van der Waals surface area contributed by atoms with Gasteiger partial charge in [0.1, 0.15) is 0 Å². The van der Waals surface area contributed by atoms with Gasteiger partial charge in [-0.25, -0.2) is 0 Å². The van der Waals surface area contributed by atoms with Crippen LogP contribution in [-0.2, 0) is 37.0 Å². The van der Waals surface area contributed by atoms with E-state index in [0.717, 1.165) is 38.1 Å². The molecule has 0 saturated carbocycles. The molecule has 1 saturated heterocycles. The Morgan fingerprint density at radius 1 is 1.00 bits per heavy atom. The predicted molar refractivity (Wildman–Crippen MR) is 170 cm³/mol. The van der Waals surface area contributed by atoms with Gasteiger partial charge in [-0.3, -0.25) is 9.59 Å². The number of carbonyl (C=O) groups is 2. The lowest BCUT2D eigenvalue weighted by Gasteiger charge is -2.36. The number of pyridine rings is 1. The van der Waals surface area contributed by atoms with Crippen LogP contribution >= 0.6 is 11.8 Å². The van der Waals surface area contributed by atoms with Gasteiger partial charge in [0.2, 0.25) is 0 Å². The molecule has 1 aromatic heterocycles. The quantitative estimate of drug-likeness (QED) is 0.0983. The lowest BCUT2D eigenvalue weighted by atomic mass is 9.97. The van der Waals surface area contributed by atoms with Crippen molar-refractivity contribution in [2.45, 2.75) is 63.0 Å². The van der Waals surface area contributed by atoms with Gasteiger partial charge in [-0.1, -0.05) is 84.6 Å². The summed E-state index contributed by atoms with van der Waals surface area (Å²) in [6.07, 6.45) is 0.162. The van der Waals surface area contributed by atoms with E-state index in [2.05, 4.69) is 5.32 Å². The van der Waals surface area contributed by atoms with Crippen molar-refractivity contribution >= 4 is 23.6 Å². The number of nitrogens with one attached hydrogen (secondary N) is 1. The number of benzene rings is 3. The first-order chi connectivity index (χ1) is 21.8. The zero-order valence-electron chi connectivity index (χ0n) is 25.1. The van der Waals surface area contributed by atoms with Gasteiger partial charge in [0.25, 0.3) is 10.9 Å². The number of ether oxygens (including phenoxy) is 3. The van der Waals surface area contributed by atoms with E-state index in [0.29, 0.717) is 17.2 Å². The van der Waals surface area contributed by atoms with Crippen LogP contribution in [0.2, 0.25) is 0 Å². The number of esters is 1. The number of aliphatic hydroxyl groups excluding tert-OH is 1. The van der Waals surface area contributed by atoms with Gasteiger partial charge >= 0.3 is 5.97 Å². The van der Waals surface area contributed by atoms with Crippen LogP contribution in [0.5, 0.6) is 0 Å². The molecule has 234 valence electrons. The third-order valence-electron chi connectivity index (χ3n) is 7.50. The smallest absolute Gasteiger partial charge is 0.303 e. The van der Waals surface area contributed by atoms with Crippen LogP contribution in [0.15, 0.2) is 102 Å². The largest absolute Gasteiger partial charge is 0.618 e. The van der Waals surface area contributed by atoms with Gasteiger partial charge in [-0.05, 0) is 40.8 Å². The normalized spacial score (nSPS) is 18.6. The molecule has 2 heterocycles. The molecule has 4 atom stereocenters. The second-order valence-corrected chi connectivity index (χ2v) is 11.8. The second-order valence-electron chi connectivity index (χ2n) is 10.8. The number of aliphatic hydroxyl groups is 1. The van der Waals surface area contributed by atoms with E-state index in [1.54, 1.807) is 12.1 Å². The molecule has 10 heteroatoms.